The van der Waals surface area contributed by atoms with Crippen molar-refractivity contribution in [1.29, 1.82) is 0 Å². The van der Waals surface area contributed by atoms with Crippen LogP contribution >= 0.6 is 23.2 Å². The number of methoxy groups -OCH3 is 1. The molecule has 0 atom stereocenters. The molecule has 1 aromatic heterocycles. The number of hydrogen-bond donors (Lipinski definition) is 1. The number of rotatable bonds is 4. The molecular weight excluding hydrogens is 303 g/mol. The first-order valence-electron chi connectivity index (χ1n) is 5.75. The first-order valence-corrected chi connectivity index (χ1v) is 6.51. The summed E-state index contributed by atoms with van der Waals surface area (Å²) in [5, 5.41) is 7.05. The number of halogens is 2. The van der Waals surface area contributed by atoms with Gasteiger partial charge in [-0.3, -0.25) is 4.79 Å². The zero-order valence-corrected chi connectivity index (χ0v) is 12.4. The molecule has 1 aromatic carbocycles. The van der Waals surface area contributed by atoms with Crippen LogP contribution in [0.15, 0.2) is 22.7 Å². The van der Waals surface area contributed by atoms with E-state index in [2.05, 4.69) is 10.5 Å². The van der Waals surface area contributed by atoms with Gasteiger partial charge < -0.3 is 14.6 Å². The molecule has 5 nitrogen and oxygen atoms in total. The average Bonchev–Trinajstić information content (AvgIpc) is 2.84. The monoisotopic (exact) mass is 314 g/mol. The zero-order valence-electron chi connectivity index (χ0n) is 10.9. The summed E-state index contributed by atoms with van der Waals surface area (Å²) in [7, 11) is 1.43. The summed E-state index contributed by atoms with van der Waals surface area (Å²) in [5.41, 5.74) is 0.815. The summed E-state index contributed by atoms with van der Waals surface area (Å²) in [6.07, 6.45) is 0. The van der Waals surface area contributed by atoms with E-state index in [0.717, 1.165) is 0 Å². The fourth-order valence-electron chi connectivity index (χ4n) is 1.70. The van der Waals surface area contributed by atoms with Crippen molar-refractivity contribution < 1.29 is 14.1 Å². The molecule has 1 heterocycles. The maximum absolute atomic E-state index is 12.2. The number of carbonyl (C=O) groups excluding carboxylic acids is 1. The van der Waals surface area contributed by atoms with Gasteiger partial charge in [0.15, 0.2) is 5.75 Å². The molecule has 0 aliphatic heterocycles. The Morgan fingerprint density at radius 2 is 2.10 bits per heavy atom. The lowest BCUT2D eigenvalue weighted by Crippen LogP contribution is -2.24. The first-order chi connectivity index (χ1) is 9.52. The Hall–Kier alpha value is -1.72. The largest absolute Gasteiger partial charge is 0.494 e. The molecule has 0 fully saturated rings. The van der Waals surface area contributed by atoms with Gasteiger partial charge in [0.05, 0.1) is 23.7 Å². The van der Waals surface area contributed by atoms with Crippen molar-refractivity contribution in [3.05, 3.63) is 45.3 Å². The van der Waals surface area contributed by atoms with E-state index in [1.807, 2.05) is 0 Å². The summed E-state index contributed by atoms with van der Waals surface area (Å²) in [6.45, 7) is 2.00. The molecule has 0 spiro atoms. The van der Waals surface area contributed by atoms with Crippen molar-refractivity contribution in [3.8, 4) is 5.75 Å². The van der Waals surface area contributed by atoms with E-state index in [1.165, 1.54) is 7.11 Å². The molecule has 7 heteroatoms. The molecule has 0 aliphatic rings. The third-order valence-electron chi connectivity index (χ3n) is 2.60. The molecule has 0 bridgehead atoms. The number of amides is 1. The minimum Gasteiger partial charge on any atom is -0.494 e. The van der Waals surface area contributed by atoms with Gasteiger partial charge >= 0.3 is 0 Å². The number of hydrogen-bond acceptors (Lipinski definition) is 4. The van der Waals surface area contributed by atoms with Crippen LogP contribution in [0.2, 0.25) is 10.0 Å². The second kappa shape index (κ2) is 6.15. The molecule has 0 radical (unpaired) electrons. The minimum absolute atomic E-state index is 0.196. The summed E-state index contributed by atoms with van der Waals surface area (Å²) in [6, 6.07) is 4.85. The van der Waals surface area contributed by atoms with Crippen molar-refractivity contribution in [1.82, 2.24) is 10.5 Å². The van der Waals surface area contributed by atoms with Gasteiger partial charge in [-0.1, -0.05) is 28.4 Å². The van der Waals surface area contributed by atoms with Crippen LogP contribution < -0.4 is 10.1 Å². The number of carbonyl (C=O) groups is 1. The Kier molecular flexibility index (Phi) is 4.52. The summed E-state index contributed by atoms with van der Waals surface area (Å²) >= 11 is 12.0. The average molecular weight is 315 g/mol. The predicted octanol–water partition coefficient (Wildman–Crippen LogP) is 3.23. The number of aryl methyl sites for hydroxylation is 1. The van der Waals surface area contributed by atoms with Gasteiger partial charge in [-0.15, -0.1) is 0 Å². The number of aromatic nitrogens is 1. The molecular formula is C13H12Cl2N2O3. The molecule has 2 aromatic rings. The Morgan fingerprint density at radius 1 is 1.40 bits per heavy atom. The highest BCUT2D eigenvalue weighted by Gasteiger charge is 2.19. The van der Waals surface area contributed by atoms with Crippen LogP contribution in [0.5, 0.6) is 5.75 Å². The fraction of sp³-hybridized carbons (Fsp3) is 0.231. The van der Waals surface area contributed by atoms with Gasteiger partial charge in [-0.05, 0) is 19.1 Å². The SMILES string of the molecule is COc1c(Cl)ccc(Cl)c1C(=O)NCc1cc(C)on1. The first kappa shape index (κ1) is 14.7. The van der Waals surface area contributed by atoms with Crippen molar-refractivity contribution in [2.24, 2.45) is 0 Å². The van der Waals surface area contributed by atoms with Gasteiger partial charge in [0.1, 0.15) is 17.0 Å². The van der Waals surface area contributed by atoms with Crippen LogP contribution in [0.4, 0.5) is 0 Å². The summed E-state index contributed by atoms with van der Waals surface area (Å²) < 4.78 is 10.0. The lowest BCUT2D eigenvalue weighted by Gasteiger charge is -2.11. The standard InChI is InChI=1S/C13H12Cl2N2O3/c1-7-5-8(17-20-7)6-16-13(18)11-9(14)3-4-10(15)12(11)19-2/h3-5H,6H2,1-2H3,(H,16,18). The molecule has 20 heavy (non-hydrogen) atoms. The van der Waals surface area contributed by atoms with Gasteiger partial charge in [-0.25, -0.2) is 0 Å². The molecule has 0 saturated heterocycles. The summed E-state index contributed by atoms with van der Waals surface area (Å²) in [5.74, 6) is 0.524. The summed E-state index contributed by atoms with van der Waals surface area (Å²) in [4.78, 5) is 12.2. The Morgan fingerprint density at radius 3 is 2.70 bits per heavy atom. The normalized spacial score (nSPS) is 10.4. The predicted molar refractivity (Wildman–Crippen MR) is 75.4 cm³/mol. The second-order valence-electron chi connectivity index (χ2n) is 4.05. The molecule has 0 unspecified atom stereocenters. The van der Waals surface area contributed by atoms with Crippen molar-refractivity contribution >= 4 is 29.1 Å². The maximum atomic E-state index is 12.2. The highest BCUT2D eigenvalue weighted by atomic mass is 35.5. The third kappa shape index (κ3) is 3.05. The molecule has 2 rings (SSSR count). The van der Waals surface area contributed by atoms with Crippen molar-refractivity contribution in [2.45, 2.75) is 13.5 Å². The van der Waals surface area contributed by atoms with E-state index in [1.54, 1.807) is 25.1 Å². The van der Waals surface area contributed by atoms with Crippen LogP contribution in [0.3, 0.4) is 0 Å². The van der Waals surface area contributed by atoms with E-state index in [-0.39, 0.29) is 22.9 Å². The van der Waals surface area contributed by atoms with Gasteiger partial charge in [0, 0.05) is 6.07 Å². The fourth-order valence-corrected chi connectivity index (χ4v) is 2.17. The number of nitrogens with one attached hydrogen (secondary N) is 1. The van der Waals surface area contributed by atoms with Crippen molar-refractivity contribution in [2.75, 3.05) is 7.11 Å². The molecule has 106 valence electrons. The molecule has 1 N–H and O–H groups in total. The van der Waals surface area contributed by atoms with Crippen LogP contribution in [0.1, 0.15) is 21.8 Å². The lowest BCUT2D eigenvalue weighted by molar-refractivity contribution is 0.0947. The quantitative estimate of drug-likeness (QED) is 0.941. The maximum Gasteiger partial charge on any atom is 0.256 e. The van der Waals surface area contributed by atoms with Gasteiger partial charge in [0.25, 0.3) is 5.91 Å². The van der Waals surface area contributed by atoms with E-state index >= 15 is 0 Å². The molecule has 0 saturated carbocycles. The number of nitrogens with zero attached hydrogens (tertiary/aromatic N) is 1. The third-order valence-corrected chi connectivity index (χ3v) is 3.21. The second-order valence-corrected chi connectivity index (χ2v) is 4.86. The molecule has 0 aliphatic carbocycles. The van der Waals surface area contributed by atoms with E-state index in [9.17, 15) is 4.79 Å². The van der Waals surface area contributed by atoms with Crippen LogP contribution in [-0.2, 0) is 6.54 Å². The van der Waals surface area contributed by atoms with Crippen LogP contribution in [0, 0.1) is 6.92 Å². The van der Waals surface area contributed by atoms with Gasteiger partial charge in [0.2, 0.25) is 0 Å². The van der Waals surface area contributed by atoms with Crippen LogP contribution in [-0.4, -0.2) is 18.2 Å². The van der Waals surface area contributed by atoms with Crippen molar-refractivity contribution in [3.63, 3.8) is 0 Å². The van der Waals surface area contributed by atoms with Crippen LogP contribution in [0.25, 0.3) is 0 Å². The van der Waals surface area contributed by atoms with E-state index < -0.39 is 5.91 Å². The Labute approximate surface area is 125 Å². The minimum atomic E-state index is -0.394. The highest BCUT2D eigenvalue weighted by molar-refractivity contribution is 6.37. The lowest BCUT2D eigenvalue weighted by atomic mass is 10.2. The number of benzene rings is 1. The number of ether oxygens (including phenoxy) is 1. The smallest absolute Gasteiger partial charge is 0.256 e. The van der Waals surface area contributed by atoms with E-state index in [4.69, 9.17) is 32.5 Å². The highest BCUT2D eigenvalue weighted by Crippen LogP contribution is 2.33. The van der Waals surface area contributed by atoms with E-state index in [0.29, 0.717) is 16.5 Å². The van der Waals surface area contributed by atoms with Gasteiger partial charge in [-0.2, -0.15) is 0 Å². The zero-order chi connectivity index (χ0) is 14.7. The molecule has 1 amide bonds. The topological polar surface area (TPSA) is 64.4 Å². The Bertz CT molecular complexity index is 641. The Balaban J connectivity index is 2.19.